The van der Waals surface area contributed by atoms with E-state index < -0.39 is 0 Å². The van der Waals surface area contributed by atoms with Gasteiger partial charge in [0.15, 0.2) is 5.82 Å². The van der Waals surface area contributed by atoms with Crippen LogP contribution in [-0.4, -0.2) is 47.3 Å². The maximum Gasteiger partial charge on any atom is 0.246 e. The second kappa shape index (κ2) is 6.49. The lowest BCUT2D eigenvalue weighted by molar-refractivity contribution is -0.125. The van der Waals surface area contributed by atoms with Crippen molar-refractivity contribution in [1.29, 1.82) is 0 Å². The van der Waals surface area contributed by atoms with E-state index in [1.165, 1.54) is 0 Å². The highest BCUT2D eigenvalue weighted by Crippen LogP contribution is 2.39. The number of aromatic nitrogens is 2. The first-order chi connectivity index (χ1) is 11.7. The van der Waals surface area contributed by atoms with Crippen LogP contribution in [0, 0.1) is 18.8 Å². The van der Waals surface area contributed by atoms with Crippen molar-refractivity contribution in [3.8, 4) is 0 Å². The van der Waals surface area contributed by atoms with Crippen molar-refractivity contribution in [2.24, 2.45) is 11.8 Å². The molecule has 2 aromatic rings. The smallest absolute Gasteiger partial charge is 0.246 e. The van der Waals surface area contributed by atoms with E-state index in [0.717, 1.165) is 11.4 Å². The van der Waals surface area contributed by atoms with Gasteiger partial charge in [0.05, 0.1) is 19.1 Å². The summed E-state index contributed by atoms with van der Waals surface area (Å²) in [7, 11) is 0. The van der Waals surface area contributed by atoms with Crippen LogP contribution in [0.25, 0.3) is 6.08 Å². The van der Waals surface area contributed by atoms with Gasteiger partial charge in [-0.05, 0) is 30.4 Å². The lowest BCUT2D eigenvalue weighted by atomic mass is 9.83. The summed E-state index contributed by atoms with van der Waals surface area (Å²) in [4.78, 5) is 19.8. The third kappa shape index (κ3) is 3.01. The highest BCUT2D eigenvalue weighted by Gasteiger charge is 2.44. The van der Waals surface area contributed by atoms with E-state index in [2.05, 4.69) is 10.1 Å². The third-order valence-electron chi connectivity index (χ3n) is 4.74. The number of carbonyl (C=O) groups is 1. The van der Waals surface area contributed by atoms with Crippen LogP contribution in [0.3, 0.4) is 0 Å². The number of amides is 1. The van der Waals surface area contributed by atoms with Gasteiger partial charge in [0.25, 0.3) is 0 Å². The molecule has 7 heteroatoms. The average molecular weight is 345 g/mol. The quantitative estimate of drug-likeness (QED) is 0.799. The lowest BCUT2D eigenvalue weighted by Gasteiger charge is -2.30. The summed E-state index contributed by atoms with van der Waals surface area (Å²) in [5.74, 6) is 2.04. The van der Waals surface area contributed by atoms with E-state index in [4.69, 9.17) is 9.26 Å². The Balaban J connectivity index is 1.46. The van der Waals surface area contributed by atoms with Gasteiger partial charge in [-0.3, -0.25) is 4.79 Å². The first kappa shape index (κ1) is 15.5. The van der Waals surface area contributed by atoms with Crippen molar-refractivity contribution >= 4 is 23.3 Å². The molecule has 2 aliphatic rings. The highest BCUT2D eigenvalue weighted by atomic mass is 32.1. The third-order valence-corrected chi connectivity index (χ3v) is 5.58. The van der Waals surface area contributed by atoms with Gasteiger partial charge in [-0.15, -0.1) is 11.3 Å². The number of nitrogens with zero attached hydrogens (tertiary/aromatic N) is 3. The zero-order valence-corrected chi connectivity index (χ0v) is 14.2. The second-order valence-corrected chi connectivity index (χ2v) is 7.32. The molecule has 0 saturated carbocycles. The van der Waals surface area contributed by atoms with E-state index >= 15 is 0 Å². The molecule has 0 aliphatic carbocycles. The van der Waals surface area contributed by atoms with Crippen molar-refractivity contribution in [1.82, 2.24) is 15.0 Å². The van der Waals surface area contributed by atoms with Crippen molar-refractivity contribution in [3.05, 3.63) is 40.2 Å². The van der Waals surface area contributed by atoms with Gasteiger partial charge < -0.3 is 14.2 Å². The van der Waals surface area contributed by atoms with Crippen LogP contribution in [-0.2, 0) is 9.53 Å². The standard InChI is InChI=1S/C17H19N3O3S/c1-11-18-17(23-19-11)15-10-22-9-12-7-20(8-14(12)15)16(21)5-4-13-3-2-6-24-13/h2-6,12,14-15H,7-10H2,1H3/b5-4+/t12-,14-,15+/m0/s1. The topological polar surface area (TPSA) is 68.5 Å². The molecule has 4 heterocycles. The largest absolute Gasteiger partial charge is 0.380 e. The number of thiophene rings is 1. The Kier molecular flexibility index (Phi) is 4.20. The van der Waals surface area contributed by atoms with Gasteiger partial charge >= 0.3 is 0 Å². The summed E-state index contributed by atoms with van der Waals surface area (Å²) in [5.41, 5.74) is 0. The minimum atomic E-state index is 0.0539. The number of likely N-dealkylation sites (tertiary alicyclic amines) is 1. The molecule has 0 bridgehead atoms. The number of fused-ring (bicyclic) bond motifs is 1. The van der Waals surface area contributed by atoms with Crippen molar-refractivity contribution in [2.45, 2.75) is 12.8 Å². The number of rotatable bonds is 3. The zero-order chi connectivity index (χ0) is 16.5. The minimum Gasteiger partial charge on any atom is -0.380 e. The summed E-state index contributed by atoms with van der Waals surface area (Å²) >= 11 is 1.62. The molecule has 126 valence electrons. The highest BCUT2D eigenvalue weighted by molar-refractivity contribution is 7.10. The van der Waals surface area contributed by atoms with Gasteiger partial charge in [-0.1, -0.05) is 11.2 Å². The van der Waals surface area contributed by atoms with Crippen LogP contribution in [0.2, 0.25) is 0 Å². The first-order valence-corrected chi connectivity index (χ1v) is 8.97. The lowest BCUT2D eigenvalue weighted by Crippen LogP contribution is -2.33. The predicted octanol–water partition coefficient (Wildman–Crippen LogP) is 2.34. The van der Waals surface area contributed by atoms with Crippen LogP contribution in [0.15, 0.2) is 28.1 Å². The summed E-state index contributed by atoms with van der Waals surface area (Å²) in [6.45, 7) is 4.52. The molecule has 3 atom stereocenters. The van der Waals surface area contributed by atoms with Gasteiger partial charge in [-0.2, -0.15) is 4.98 Å². The van der Waals surface area contributed by atoms with Gasteiger partial charge in [0.2, 0.25) is 11.8 Å². The summed E-state index contributed by atoms with van der Waals surface area (Å²) in [5, 5.41) is 5.89. The average Bonchev–Trinajstić information content (AvgIpc) is 3.32. The summed E-state index contributed by atoms with van der Waals surface area (Å²) in [6, 6.07) is 3.98. The molecular formula is C17H19N3O3S. The molecule has 6 nitrogen and oxygen atoms in total. The number of aryl methyl sites for hydroxylation is 1. The van der Waals surface area contributed by atoms with Crippen molar-refractivity contribution < 1.29 is 14.1 Å². The minimum absolute atomic E-state index is 0.0539. The summed E-state index contributed by atoms with van der Waals surface area (Å²) < 4.78 is 11.1. The van der Waals surface area contributed by atoms with E-state index in [1.54, 1.807) is 17.4 Å². The van der Waals surface area contributed by atoms with Crippen molar-refractivity contribution in [2.75, 3.05) is 26.3 Å². The van der Waals surface area contributed by atoms with Gasteiger partial charge in [-0.25, -0.2) is 0 Å². The molecule has 2 fully saturated rings. The zero-order valence-electron chi connectivity index (χ0n) is 13.4. The molecule has 0 N–H and O–H groups in total. The predicted molar refractivity (Wildman–Crippen MR) is 89.5 cm³/mol. The van der Waals surface area contributed by atoms with E-state index in [0.29, 0.717) is 43.3 Å². The molecule has 2 aliphatic heterocycles. The van der Waals surface area contributed by atoms with Crippen LogP contribution < -0.4 is 0 Å². The second-order valence-electron chi connectivity index (χ2n) is 6.34. The number of hydrogen-bond donors (Lipinski definition) is 0. The molecule has 0 aromatic carbocycles. The molecule has 2 saturated heterocycles. The van der Waals surface area contributed by atoms with Crippen LogP contribution in [0.1, 0.15) is 22.5 Å². The van der Waals surface area contributed by atoms with E-state index in [1.807, 2.05) is 35.4 Å². The van der Waals surface area contributed by atoms with Crippen LogP contribution in [0.5, 0.6) is 0 Å². The Morgan fingerprint density at radius 2 is 2.33 bits per heavy atom. The summed E-state index contributed by atoms with van der Waals surface area (Å²) in [6.07, 6.45) is 3.54. The maximum atomic E-state index is 12.5. The molecular weight excluding hydrogens is 326 g/mol. The Labute approximate surface area is 144 Å². The van der Waals surface area contributed by atoms with Gasteiger partial charge in [0, 0.05) is 30.0 Å². The van der Waals surface area contributed by atoms with Crippen LogP contribution in [0.4, 0.5) is 0 Å². The number of hydrogen-bond acceptors (Lipinski definition) is 6. The molecule has 2 aromatic heterocycles. The SMILES string of the molecule is Cc1noc([C@@H]2COC[C@@H]3CN(C(=O)/C=C/c4cccs4)C[C@@H]32)n1. The Bertz CT molecular complexity index is 740. The normalized spacial score (nSPS) is 26.9. The molecule has 24 heavy (non-hydrogen) atoms. The van der Waals surface area contributed by atoms with E-state index in [-0.39, 0.29) is 11.8 Å². The molecule has 1 amide bonds. The first-order valence-electron chi connectivity index (χ1n) is 8.09. The maximum absolute atomic E-state index is 12.5. The monoisotopic (exact) mass is 345 g/mol. The number of ether oxygens (including phenoxy) is 1. The van der Waals surface area contributed by atoms with Crippen LogP contribution >= 0.6 is 11.3 Å². The molecule has 4 rings (SSSR count). The fraction of sp³-hybridized carbons (Fsp3) is 0.471. The van der Waals surface area contributed by atoms with E-state index in [9.17, 15) is 4.79 Å². The molecule has 0 unspecified atom stereocenters. The Hall–Kier alpha value is -1.99. The Morgan fingerprint density at radius 1 is 1.42 bits per heavy atom. The fourth-order valence-corrected chi connectivity index (χ4v) is 4.16. The fourth-order valence-electron chi connectivity index (χ4n) is 3.54. The molecule has 0 spiro atoms. The van der Waals surface area contributed by atoms with Crippen molar-refractivity contribution in [3.63, 3.8) is 0 Å². The molecule has 0 radical (unpaired) electrons. The van der Waals surface area contributed by atoms with Gasteiger partial charge in [0.1, 0.15) is 0 Å². The number of carbonyl (C=O) groups excluding carboxylic acids is 1. The Morgan fingerprint density at radius 3 is 3.08 bits per heavy atom.